The number of hydrogen-bond acceptors (Lipinski definition) is 6. The average Bonchev–Trinajstić information content (AvgIpc) is 3.34. The van der Waals surface area contributed by atoms with E-state index in [0.717, 1.165) is 37.0 Å². The third-order valence-corrected chi connectivity index (χ3v) is 5.57. The molecule has 0 bridgehead atoms. The van der Waals surface area contributed by atoms with Gasteiger partial charge in [0, 0.05) is 16.3 Å². The van der Waals surface area contributed by atoms with Gasteiger partial charge in [0.2, 0.25) is 0 Å². The Kier molecular flexibility index (Phi) is 5.59. The minimum absolute atomic E-state index is 0.144. The van der Waals surface area contributed by atoms with Crippen molar-refractivity contribution in [2.24, 2.45) is 0 Å². The molecule has 1 aliphatic rings. The van der Waals surface area contributed by atoms with E-state index in [1.165, 1.54) is 22.2 Å². The number of furan rings is 1. The lowest BCUT2D eigenvalue weighted by Gasteiger charge is -2.30. The normalized spacial score (nSPS) is 20.3. The summed E-state index contributed by atoms with van der Waals surface area (Å²) in [5, 5.41) is 9.43. The minimum Gasteiger partial charge on any atom is -0.459 e. The number of morpholine rings is 1. The van der Waals surface area contributed by atoms with Crippen LogP contribution in [0.5, 0.6) is 0 Å². The fraction of sp³-hybridized carbons (Fsp3) is 0.333. The second-order valence-electron chi connectivity index (χ2n) is 6.13. The fourth-order valence-electron chi connectivity index (χ4n) is 2.96. The van der Waals surface area contributed by atoms with Crippen LogP contribution in [0.2, 0.25) is 5.02 Å². The summed E-state index contributed by atoms with van der Waals surface area (Å²) in [4.78, 5) is 1.47. The quantitative estimate of drug-likeness (QED) is 0.650. The van der Waals surface area contributed by atoms with Gasteiger partial charge in [-0.3, -0.25) is 0 Å². The summed E-state index contributed by atoms with van der Waals surface area (Å²) in [6.45, 7) is 3.56. The molecule has 26 heavy (non-hydrogen) atoms. The molecular weight excluding hydrogens is 374 g/mol. The van der Waals surface area contributed by atoms with E-state index in [1.54, 1.807) is 18.4 Å². The Morgan fingerprint density at radius 2 is 2.12 bits per heavy atom. The maximum Gasteiger partial charge on any atom is 0.284 e. The van der Waals surface area contributed by atoms with E-state index in [-0.39, 0.29) is 6.10 Å². The van der Waals surface area contributed by atoms with Gasteiger partial charge in [0.15, 0.2) is 5.76 Å². The van der Waals surface area contributed by atoms with Crippen molar-refractivity contribution in [3.63, 3.8) is 0 Å². The molecule has 0 radical (unpaired) electrons. The Labute approximate surface area is 160 Å². The maximum absolute atomic E-state index is 6.28. The van der Waals surface area contributed by atoms with Gasteiger partial charge in [-0.25, -0.2) is 0 Å². The highest BCUT2D eigenvalue weighted by molar-refractivity contribution is 7.99. The van der Waals surface area contributed by atoms with Crippen LogP contribution in [0.1, 0.15) is 5.56 Å². The zero-order valence-electron chi connectivity index (χ0n) is 14.1. The van der Waals surface area contributed by atoms with Gasteiger partial charge in [0.1, 0.15) is 25.7 Å². The van der Waals surface area contributed by atoms with Crippen LogP contribution in [0.25, 0.3) is 11.7 Å². The molecule has 1 N–H and O–H groups in total. The Hall–Kier alpha value is -1.80. The Bertz CT molecular complexity index is 840. The van der Waals surface area contributed by atoms with Crippen molar-refractivity contribution in [3.05, 3.63) is 53.2 Å². The van der Waals surface area contributed by atoms with Crippen molar-refractivity contribution in [1.82, 2.24) is 10.2 Å². The van der Waals surface area contributed by atoms with Crippen LogP contribution in [0.15, 0.2) is 56.7 Å². The predicted molar refractivity (Wildman–Crippen MR) is 98.3 cm³/mol. The molecular formula is C18H19ClN3O3S+. The van der Waals surface area contributed by atoms with Gasteiger partial charge in [-0.05, 0) is 18.2 Å². The summed E-state index contributed by atoms with van der Waals surface area (Å²) in [7, 11) is 0. The topological polar surface area (TPSA) is 65.7 Å². The van der Waals surface area contributed by atoms with Crippen LogP contribution < -0.4 is 4.90 Å². The molecule has 0 saturated carbocycles. The number of benzene rings is 1. The van der Waals surface area contributed by atoms with E-state index >= 15 is 0 Å². The molecule has 0 spiro atoms. The molecule has 2 aromatic heterocycles. The average molecular weight is 393 g/mol. The third-order valence-electron chi connectivity index (χ3n) is 4.25. The van der Waals surface area contributed by atoms with Crippen molar-refractivity contribution < 1.29 is 18.5 Å². The summed E-state index contributed by atoms with van der Waals surface area (Å²) in [6, 6.07) is 11.6. The Morgan fingerprint density at radius 1 is 1.19 bits per heavy atom. The lowest BCUT2D eigenvalue weighted by Crippen LogP contribution is -3.13. The molecule has 1 fully saturated rings. The molecule has 2 atom stereocenters. The van der Waals surface area contributed by atoms with Crippen LogP contribution in [0.4, 0.5) is 0 Å². The van der Waals surface area contributed by atoms with Gasteiger partial charge in [0.05, 0.1) is 12.9 Å². The van der Waals surface area contributed by atoms with Crippen molar-refractivity contribution in [2.45, 2.75) is 17.9 Å². The molecule has 1 aliphatic heterocycles. The summed E-state index contributed by atoms with van der Waals surface area (Å²) < 4.78 is 16.8. The molecule has 0 aliphatic carbocycles. The molecule has 8 heteroatoms. The highest BCUT2D eigenvalue weighted by Gasteiger charge is 2.25. The number of thioether (sulfide) groups is 1. The van der Waals surface area contributed by atoms with E-state index in [1.807, 2.05) is 18.2 Å². The fourth-order valence-corrected chi connectivity index (χ4v) is 3.95. The van der Waals surface area contributed by atoms with Crippen molar-refractivity contribution in [3.8, 4) is 11.7 Å². The summed E-state index contributed by atoms with van der Waals surface area (Å²) in [6.07, 6.45) is 1.73. The molecule has 136 valence electrons. The molecule has 1 aromatic carbocycles. The van der Waals surface area contributed by atoms with Crippen LogP contribution in [0.3, 0.4) is 0 Å². The number of halogens is 1. The zero-order valence-corrected chi connectivity index (χ0v) is 15.6. The van der Waals surface area contributed by atoms with Crippen LogP contribution in [0, 0.1) is 0 Å². The van der Waals surface area contributed by atoms with Gasteiger partial charge in [0.25, 0.3) is 11.1 Å². The number of quaternary nitrogens is 1. The van der Waals surface area contributed by atoms with Gasteiger partial charge in [-0.15, -0.1) is 10.2 Å². The van der Waals surface area contributed by atoms with E-state index in [2.05, 4.69) is 16.3 Å². The van der Waals surface area contributed by atoms with Crippen molar-refractivity contribution >= 4 is 23.4 Å². The third kappa shape index (κ3) is 4.29. The number of aromatic nitrogens is 2. The van der Waals surface area contributed by atoms with Gasteiger partial charge in [-0.2, -0.15) is 0 Å². The van der Waals surface area contributed by atoms with Crippen molar-refractivity contribution in [1.29, 1.82) is 0 Å². The first-order chi connectivity index (χ1) is 12.8. The number of rotatable bonds is 6. The zero-order chi connectivity index (χ0) is 17.8. The number of nitrogens with zero attached hydrogens (tertiary/aromatic N) is 2. The first kappa shape index (κ1) is 17.6. The van der Waals surface area contributed by atoms with E-state index in [4.69, 9.17) is 25.2 Å². The molecule has 1 saturated heterocycles. The molecule has 1 unspecified atom stereocenters. The SMILES string of the molecule is Clc1ccccc1C[NH+]1CCO[C@H](CSc2nnc(-c3ccco3)o2)C1. The maximum atomic E-state index is 6.28. The predicted octanol–water partition coefficient (Wildman–Crippen LogP) is 2.56. The number of nitrogens with one attached hydrogen (secondary N) is 1. The number of hydrogen-bond donors (Lipinski definition) is 1. The van der Waals surface area contributed by atoms with Crippen molar-refractivity contribution in [2.75, 3.05) is 25.4 Å². The smallest absolute Gasteiger partial charge is 0.284 e. The second kappa shape index (κ2) is 8.26. The summed E-state index contributed by atoms with van der Waals surface area (Å²) in [5.41, 5.74) is 1.18. The van der Waals surface area contributed by atoms with Gasteiger partial charge < -0.3 is 18.5 Å². The highest BCUT2D eigenvalue weighted by Crippen LogP contribution is 2.24. The van der Waals surface area contributed by atoms with Gasteiger partial charge in [-0.1, -0.05) is 41.6 Å². The lowest BCUT2D eigenvalue weighted by molar-refractivity contribution is -0.924. The van der Waals surface area contributed by atoms with Crippen LogP contribution >= 0.6 is 23.4 Å². The molecule has 3 heterocycles. The summed E-state index contributed by atoms with van der Waals surface area (Å²) in [5.74, 6) is 1.74. The Morgan fingerprint density at radius 3 is 2.96 bits per heavy atom. The summed E-state index contributed by atoms with van der Waals surface area (Å²) >= 11 is 7.79. The first-order valence-electron chi connectivity index (χ1n) is 8.46. The monoisotopic (exact) mass is 392 g/mol. The van der Waals surface area contributed by atoms with E-state index in [0.29, 0.717) is 16.9 Å². The second-order valence-corrected chi connectivity index (χ2v) is 7.50. The molecule has 0 amide bonds. The molecule has 6 nitrogen and oxygen atoms in total. The number of ether oxygens (including phenoxy) is 1. The minimum atomic E-state index is 0.144. The van der Waals surface area contributed by atoms with Crippen LogP contribution in [-0.4, -0.2) is 41.8 Å². The largest absolute Gasteiger partial charge is 0.459 e. The van der Waals surface area contributed by atoms with Crippen LogP contribution in [-0.2, 0) is 11.3 Å². The Balaban J connectivity index is 1.30. The first-order valence-corrected chi connectivity index (χ1v) is 9.83. The lowest BCUT2D eigenvalue weighted by atomic mass is 10.2. The highest BCUT2D eigenvalue weighted by atomic mass is 35.5. The molecule has 3 aromatic rings. The van der Waals surface area contributed by atoms with Gasteiger partial charge >= 0.3 is 0 Å². The molecule has 4 rings (SSSR count). The van der Waals surface area contributed by atoms with E-state index in [9.17, 15) is 0 Å². The van der Waals surface area contributed by atoms with E-state index < -0.39 is 0 Å². The standard InChI is InChI=1S/C18H18ClN3O3S/c19-15-5-2-1-4-13(15)10-22-7-9-23-14(11-22)12-26-18-21-20-17(25-18)16-6-3-8-24-16/h1-6,8,14H,7,9-12H2/p+1/t14-/m0/s1.